The van der Waals surface area contributed by atoms with Gasteiger partial charge in [0.2, 0.25) is 5.91 Å². The zero-order chi connectivity index (χ0) is 18.7. The molecule has 1 unspecified atom stereocenters. The van der Waals surface area contributed by atoms with Crippen molar-refractivity contribution >= 4 is 11.9 Å². The van der Waals surface area contributed by atoms with E-state index in [2.05, 4.69) is 25.9 Å². The highest BCUT2D eigenvalue weighted by Gasteiger charge is 2.34. The van der Waals surface area contributed by atoms with Crippen molar-refractivity contribution in [1.29, 1.82) is 0 Å². The van der Waals surface area contributed by atoms with Crippen LogP contribution in [0.1, 0.15) is 57.0 Å². The van der Waals surface area contributed by atoms with Crippen LogP contribution in [0.4, 0.5) is 0 Å². The van der Waals surface area contributed by atoms with Gasteiger partial charge in [0.15, 0.2) is 0 Å². The summed E-state index contributed by atoms with van der Waals surface area (Å²) in [5.74, 6) is -0.789. The lowest BCUT2D eigenvalue weighted by molar-refractivity contribution is -0.143. The Morgan fingerprint density at radius 1 is 1.28 bits per heavy atom. The monoisotopic (exact) mass is 349 g/mol. The molecule has 1 aromatic heterocycles. The Morgan fingerprint density at radius 3 is 2.44 bits per heavy atom. The Balaban J connectivity index is 2.00. The summed E-state index contributed by atoms with van der Waals surface area (Å²) < 4.78 is 2.03. The number of aliphatic carboxylic acids is 1. The van der Waals surface area contributed by atoms with Gasteiger partial charge in [-0.05, 0) is 44.6 Å². The number of nitrogens with zero attached hydrogens (tertiary/aromatic N) is 3. The molecule has 0 spiro atoms. The van der Waals surface area contributed by atoms with Gasteiger partial charge in [-0.1, -0.05) is 20.8 Å². The number of carboxylic acid groups (broad SMARTS) is 1. The Labute approximate surface area is 150 Å². The first-order valence-electron chi connectivity index (χ1n) is 9.25. The molecule has 1 heterocycles. The van der Waals surface area contributed by atoms with Crippen LogP contribution in [-0.4, -0.2) is 44.3 Å². The number of rotatable bonds is 9. The maximum atomic E-state index is 12.7. The third-order valence-corrected chi connectivity index (χ3v) is 4.86. The van der Waals surface area contributed by atoms with Crippen LogP contribution in [0.25, 0.3) is 0 Å². The fraction of sp³-hybridized carbons (Fsp3) is 0.737. The molecule has 6 heteroatoms. The number of carbonyl (C=O) groups is 2. The summed E-state index contributed by atoms with van der Waals surface area (Å²) in [5.41, 5.74) is 3.27. The number of hydrogen-bond donors (Lipinski definition) is 1. The molecule has 1 fully saturated rings. The Hall–Kier alpha value is -1.85. The molecule has 1 atom stereocenters. The van der Waals surface area contributed by atoms with E-state index in [0.717, 1.165) is 36.3 Å². The van der Waals surface area contributed by atoms with E-state index >= 15 is 0 Å². The summed E-state index contributed by atoms with van der Waals surface area (Å²) >= 11 is 0. The fourth-order valence-corrected chi connectivity index (χ4v) is 3.21. The highest BCUT2D eigenvalue weighted by atomic mass is 16.4. The third kappa shape index (κ3) is 5.06. The van der Waals surface area contributed by atoms with Crippen molar-refractivity contribution in [3.8, 4) is 0 Å². The molecular formula is C19H31N3O3. The number of aryl methyl sites for hydroxylation is 1. The summed E-state index contributed by atoms with van der Waals surface area (Å²) in [4.78, 5) is 25.6. The minimum atomic E-state index is -0.847. The topological polar surface area (TPSA) is 75.4 Å². The molecule has 0 saturated heterocycles. The van der Waals surface area contributed by atoms with Crippen LogP contribution >= 0.6 is 0 Å². The first-order chi connectivity index (χ1) is 11.7. The first kappa shape index (κ1) is 19.5. The minimum Gasteiger partial charge on any atom is -0.481 e. The van der Waals surface area contributed by atoms with Gasteiger partial charge in [0.25, 0.3) is 0 Å². The predicted molar refractivity (Wildman–Crippen MR) is 96.4 cm³/mol. The zero-order valence-corrected chi connectivity index (χ0v) is 16.1. The largest absolute Gasteiger partial charge is 0.481 e. The molecule has 1 amide bonds. The first-order valence-corrected chi connectivity index (χ1v) is 9.25. The highest BCUT2D eigenvalue weighted by molar-refractivity contribution is 5.78. The lowest BCUT2D eigenvalue weighted by Crippen LogP contribution is -2.38. The highest BCUT2D eigenvalue weighted by Crippen LogP contribution is 2.29. The van der Waals surface area contributed by atoms with Gasteiger partial charge in [-0.3, -0.25) is 14.3 Å². The average molecular weight is 349 g/mol. The molecule has 1 aliphatic carbocycles. The van der Waals surface area contributed by atoms with Gasteiger partial charge in [-0.2, -0.15) is 5.10 Å². The van der Waals surface area contributed by atoms with Crippen LogP contribution in [0.15, 0.2) is 0 Å². The van der Waals surface area contributed by atoms with E-state index in [4.69, 9.17) is 5.11 Å². The van der Waals surface area contributed by atoms with Gasteiger partial charge in [0.1, 0.15) is 0 Å². The summed E-state index contributed by atoms with van der Waals surface area (Å²) in [6.07, 6.45) is 3.06. The SMILES string of the molecule is Cc1nn(CC(C)C)c(C)c1CCC(=O)N(CC(C)C(=O)O)C1CC1. The Bertz CT molecular complexity index is 632. The van der Waals surface area contributed by atoms with Crippen LogP contribution in [0, 0.1) is 25.7 Å². The molecule has 1 aromatic rings. The summed E-state index contributed by atoms with van der Waals surface area (Å²) in [6.45, 7) is 11.2. The second-order valence-corrected chi connectivity index (χ2v) is 7.74. The normalized spacial score (nSPS) is 15.4. The zero-order valence-electron chi connectivity index (χ0n) is 16.1. The third-order valence-electron chi connectivity index (χ3n) is 4.86. The van der Waals surface area contributed by atoms with Crippen molar-refractivity contribution in [1.82, 2.24) is 14.7 Å². The van der Waals surface area contributed by atoms with Crippen molar-refractivity contribution in [3.05, 3.63) is 17.0 Å². The van der Waals surface area contributed by atoms with Gasteiger partial charge in [0.05, 0.1) is 11.6 Å². The number of hydrogen-bond acceptors (Lipinski definition) is 3. The maximum absolute atomic E-state index is 12.7. The summed E-state index contributed by atoms with van der Waals surface area (Å²) in [6, 6.07) is 0.236. The van der Waals surface area contributed by atoms with E-state index < -0.39 is 11.9 Å². The fourth-order valence-electron chi connectivity index (χ4n) is 3.21. The summed E-state index contributed by atoms with van der Waals surface area (Å²) in [7, 11) is 0. The number of amides is 1. The van der Waals surface area contributed by atoms with E-state index in [1.54, 1.807) is 11.8 Å². The van der Waals surface area contributed by atoms with Gasteiger partial charge >= 0.3 is 5.97 Å². The van der Waals surface area contributed by atoms with Crippen LogP contribution in [0.5, 0.6) is 0 Å². The van der Waals surface area contributed by atoms with Crippen LogP contribution < -0.4 is 0 Å². The molecule has 2 rings (SSSR count). The maximum Gasteiger partial charge on any atom is 0.308 e. The van der Waals surface area contributed by atoms with E-state index in [1.165, 1.54) is 0 Å². The van der Waals surface area contributed by atoms with Crippen LogP contribution in [-0.2, 0) is 22.6 Å². The van der Waals surface area contributed by atoms with Gasteiger partial charge < -0.3 is 10.0 Å². The Kier molecular flexibility index (Phi) is 6.25. The second kappa shape index (κ2) is 8.02. The van der Waals surface area contributed by atoms with Gasteiger partial charge in [-0.15, -0.1) is 0 Å². The molecule has 1 saturated carbocycles. The van der Waals surface area contributed by atoms with E-state index in [1.807, 2.05) is 11.6 Å². The number of aromatic nitrogens is 2. The van der Waals surface area contributed by atoms with Crippen molar-refractivity contribution in [3.63, 3.8) is 0 Å². The predicted octanol–water partition coefficient (Wildman–Crippen LogP) is 2.80. The molecule has 140 valence electrons. The molecule has 6 nitrogen and oxygen atoms in total. The second-order valence-electron chi connectivity index (χ2n) is 7.74. The molecule has 0 aliphatic heterocycles. The van der Waals surface area contributed by atoms with E-state index in [-0.39, 0.29) is 11.9 Å². The number of carbonyl (C=O) groups excluding carboxylic acids is 1. The van der Waals surface area contributed by atoms with Crippen molar-refractivity contribution in [2.75, 3.05) is 6.54 Å². The van der Waals surface area contributed by atoms with Gasteiger partial charge in [0, 0.05) is 31.2 Å². The smallest absolute Gasteiger partial charge is 0.308 e. The molecule has 1 aliphatic rings. The molecule has 0 aromatic carbocycles. The molecular weight excluding hydrogens is 318 g/mol. The quantitative estimate of drug-likeness (QED) is 0.744. The number of carboxylic acids is 1. The molecule has 0 bridgehead atoms. The Morgan fingerprint density at radius 2 is 1.92 bits per heavy atom. The minimum absolute atomic E-state index is 0.0611. The molecule has 0 radical (unpaired) electrons. The van der Waals surface area contributed by atoms with Crippen molar-refractivity contribution < 1.29 is 14.7 Å². The van der Waals surface area contributed by atoms with E-state index in [0.29, 0.717) is 25.3 Å². The van der Waals surface area contributed by atoms with Crippen molar-refractivity contribution in [2.24, 2.45) is 11.8 Å². The van der Waals surface area contributed by atoms with E-state index in [9.17, 15) is 9.59 Å². The lowest BCUT2D eigenvalue weighted by atomic mass is 10.1. The van der Waals surface area contributed by atoms with Crippen molar-refractivity contribution in [2.45, 2.75) is 72.9 Å². The average Bonchev–Trinajstić information content (AvgIpc) is 3.31. The van der Waals surface area contributed by atoms with Crippen LogP contribution in [0.2, 0.25) is 0 Å². The standard InChI is InChI=1S/C19H31N3O3/c1-12(2)10-22-15(5)17(14(4)20-22)8-9-18(23)21(16-6-7-16)11-13(3)19(24)25/h12-13,16H,6-11H2,1-5H3,(H,24,25). The molecule has 25 heavy (non-hydrogen) atoms. The van der Waals surface area contributed by atoms with Gasteiger partial charge in [-0.25, -0.2) is 0 Å². The lowest BCUT2D eigenvalue weighted by Gasteiger charge is -2.24. The summed E-state index contributed by atoms with van der Waals surface area (Å²) in [5, 5.41) is 13.7. The molecule has 1 N–H and O–H groups in total. The van der Waals surface area contributed by atoms with Crippen LogP contribution in [0.3, 0.4) is 0 Å².